The average molecular weight is 358 g/mol. The molecule has 0 aliphatic heterocycles. The van der Waals surface area contributed by atoms with Gasteiger partial charge in [0.05, 0.1) is 6.10 Å². The number of rotatable bonds is 5. The Hall–Kier alpha value is -2.60. The van der Waals surface area contributed by atoms with Gasteiger partial charge in [-0.25, -0.2) is 0 Å². The standard InChI is InChI=1S/C20H26N2O4/c1-11-8-12(2)18(13(3)9-11)22-20(25)19(24)21-7-6-17(23)16-10-14(4)26-15(16)5/h8-10,17,23H,6-7H2,1-5H3,(H,21,24)(H,22,25). The lowest BCUT2D eigenvalue weighted by atomic mass is 10.1. The topological polar surface area (TPSA) is 91.6 Å². The van der Waals surface area contributed by atoms with E-state index in [1.165, 1.54) is 0 Å². The minimum atomic E-state index is -0.752. The van der Waals surface area contributed by atoms with Crippen molar-refractivity contribution in [3.8, 4) is 0 Å². The molecular weight excluding hydrogens is 332 g/mol. The first-order chi connectivity index (χ1) is 12.2. The molecule has 140 valence electrons. The number of aryl methyl sites for hydroxylation is 5. The molecule has 1 aromatic carbocycles. The van der Waals surface area contributed by atoms with Gasteiger partial charge in [0.25, 0.3) is 0 Å². The van der Waals surface area contributed by atoms with E-state index in [4.69, 9.17) is 4.42 Å². The normalized spacial score (nSPS) is 11.9. The van der Waals surface area contributed by atoms with Crippen molar-refractivity contribution < 1.29 is 19.1 Å². The van der Waals surface area contributed by atoms with Crippen molar-refractivity contribution in [2.75, 3.05) is 11.9 Å². The SMILES string of the molecule is Cc1cc(C)c(NC(=O)C(=O)NCCC(O)c2cc(C)oc2C)c(C)c1. The van der Waals surface area contributed by atoms with Crippen LogP contribution < -0.4 is 10.6 Å². The molecule has 0 saturated carbocycles. The van der Waals surface area contributed by atoms with Gasteiger partial charge >= 0.3 is 11.8 Å². The van der Waals surface area contributed by atoms with E-state index < -0.39 is 17.9 Å². The van der Waals surface area contributed by atoms with Gasteiger partial charge in [0.2, 0.25) is 0 Å². The number of hydrogen-bond acceptors (Lipinski definition) is 4. The van der Waals surface area contributed by atoms with Crippen LogP contribution in [0.1, 0.15) is 46.3 Å². The van der Waals surface area contributed by atoms with Gasteiger partial charge in [-0.15, -0.1) is 0 Å². The van der Waals surface area contributed by atoms with Crippen LogP contribution in [-0.2, 0) is 9.59 Å². The second kappa shape index (κ2) is 8.19. The Labute approximate surface area is 153 Å². The number of carbonyl (C=O) groups excluding carboxylic acids is 2. The van der Waals surface area contributed by atoms with Gasteiger partial charge in [-0.05, 0) is 58.2 Å². The zero-order valence-electron chi connectivity index (χ0n) is 15.9. The van der Waals surface area contributed by atoms with Gasteiger partial charge in [0.15, 0.2) is 0 Å². The third-order valence-electron chi connectivity index (χ3n) is 4.26. The molecule has 2 aromatic rings. The highest BCUT2D eigenvalue weighted by atomic mass is 16.3. The van der Waals surface area contributed by atoms with Crippen LogP contribution in [0.15, 0.2) is 22.6 Å². The second-order valence-corrected chi connectivity index (χ2v) is 6.66. The first-order valence-corrected chi connectivity index (χ1v) is 8.61. The molecule has 1 atom stereocenters. The van der Waals surface area contributed by atoms with Crippen molar-refractivity contribution >= 4 is 17.5 Å². The van der Waals surface area contributed by atoms with Crippen molar-refractivity contribution in [2.45, 2.75) is 47.1 Å². The molecule has 1 unspecified atom stereocenters. The lowest BCUT2D eigenvalue weighted by Gasteiger charge is -2.13. The maximum Gasteiger partial charge on any atom is 0.313 e. The van der Waals surface area contributed by atoms with Gasteiger partial charge in [-0.2, -0.15) is 0 Å². The van der Waals surface area contributed by atoms with Crippen molar-refractivity contribution in [3.63, 3.8) is 0 Å². The van der Waals surface area contributed by atoms with Crippen LogP contribution >= 0.6 is 0 Å². The summed E-state index contributed by atoms with van der Waals surface area (Å²) in [5.41, 5.74) is 4.27. The minimum Gasteiger partial charge on any atom is -0.466 e. The number of nitrogens with one attached hydrogen (secondary N) is 2. The van der Waals surface area contributed by atoms with Crippen LogP contribution in [-0.4, -0.2) is 23.5 Å². The molecular formula is C20H26N2O4. The predicted molar refractivity (Wildman–Crippen MR) is 100 cm³/mol. The summed E-state index contributed by atoms with van der Waals surface area (Å²) >= 11 is 0. The molecule has 26 heavy (non-hydrogen) atoms. The monoisotopic (exact) mass is 358 g/mol. The Bertz CT molecular complexity index is 800. The lowest BCUT2D eigenvalue weighted by molar-refractivity contribution is -0.136. The summed E-state index contributed by atoms with van der Waals surface area (Å²) in [5, 5.41) is 15.4. The fraction of sp³-hybridized carbons (Fsp3) is 0.400. The molecule has 1 heterocycles. The second-order valence-electron chi connectivity index (χ2n) is 6.66. The zero-order valence-corrected chi connectivity index (χ0v) is 15.9. The van der Waals surface area contributed by atoms with E-state index >= 15 is 0 Å². The lowest BCUT2D eigenvalue weighted by Crippen LogP contribution is -2.36. The molecule has 0 saturated heterocycles. The number of aliphatic hydroxyl groups excluding tert-OH is 1. The number of aliphatic hydroxyl groups is 1. The maximum atomic E-state index is 12.1. The summed E-state index contributed by atoms with van der Waals surface area (Å²) in [6.45, 7) is 9.53. The smallest absolute Gasteiger partial charge is 0.313 e. The Morgan fingerprint density at radius 3 is 2.19 bits per heavy atom. The van der Waals surface area contributed by atoms with E-state index in [-0.39, 0.29) is 6.54 Å². The van der Waals surface area contributed by atoms with E-state index in [9.17, 15) is 14.7 Å². The summed E-state index contributed by atoms with van der Waals surface area (Å²) in [4.78, 5) is 24.1. The average Bonchev–Trinajstić information content (AvgIpc) is 2.88. The van der Waals surface area contributed by atoms with E-state index in [0.717, 1.165) is 22.5 Å². The predicted octanol–water partition coefficient (Wildman–Crippen LogP) is 3.00. The number of furan rings is 1. The third-order valence-corrected chi connectivity index (χ3v) is 4.26. The molecule has 0 bridgehead atoms. The minimum absolute atomic E-state index is 0.183. The summed E-state index contributed by atoms with van der Waals surface area (Å²) in [5.74, 6) is -0.0604. The highest BCUT2D eigenvalue weighted by molar-refractivity contribution is 6.39. The van der Waals surface area contributed by atoms with Crippen molar-refractivity contribution in [1.29, 1.82) is 0 Å². The zero-order chi connectivity index (χ0) is 19.4. The molecule has 6 nitrogen and oxygen atoms in total. The van der Waals surface area contributed by atoms with Crippen LogP contribution in [0.25, 0.3) is 0 Å². The van der Waals surface area contributed by atoms with Crippen LogP contribution in [0.2, 0.25) is 0 Å². The largest absolute Gasteiger partial charge is 0.466 e. The highest BCUT2D eigenvalue weighted by Gasteiger charge is 2.18. The first-order valence-electron chi connectivity index (χ1n) is 8.61. The number of amides is 2. The van der Waals surface area contributed by atoms with Crippen molar-refractivity contribution in [2.24, 2.45) is 0 Å². The van der Waals surface area contributed by atoms with E-state index in [1.807, 2.05) is 39.8 Å². The Morgan fingerprint density at radius 2 is 1.65 bits per heavy atom. The number of hydrogen-bond donors (Lipinski definition) is 3. The fourth-order valence-corrected chi connectivity index (χ4v) is 3.09. The van der Waals surface area contributed by atoms with E-state index in [0.29, 0.717) is 23.4 Å². The molecule has 6 heteroatoms. The van der Waals surface area contributed by atoms with Gasteiger partial charge in [-0.3, -0.25) is 9.59 Å². The maximum absolute atomic E-state index is 12.1. The molecule has 0 fully saturated rings. The number of anilines is 1. The number of benzene rings is 1. The Morgan fingerprint density at radius 1 is 1.04 bits per heavy atom. The van der Waals surface area contributed by atoms with E-state index in [1.54, 1.807) is 13.0 Å². The van der Waals surface area contributed by atoms with Gasteiger partial charge in [0.1, 0.15) is 11.5 Å². The first kappa shape index (κ1) is 19.7. The van der Waals surface area contributed by atoms with Crippen LogP contribution in [0.4, 0.5) is 5.69 Å². The molecule has 0 aliphatic rings. The van der Waals surface area contributed by atoms with Crippen LogP contribution in [0.5, 0.6) is 0 Å². The summed E-state index contributed by atoms with van der Waals surface area (Å²) in [7, 11) is 0. The van der Waals surface area contributed by atoms with Crippen molar-refractivity contribution in [3.05, 3.63) is 52.0 Å². The molecule has 0 radical (unpaired) electrons. The molecule has 2 amide bonds. The van der Waals surface area contributed by atoms with Crippen LogP contribution in [0.3, 0.4) is 0 Å². The Kier molecular flexibility index (Phi) is 6.21. The Balaban J connectivity index is 1.88. The summed E-state index contributed by atoms with van der Waals surface area (Å²) < 4.78 is 5.39. The van der Waals surface area contributed by atoms with Crippen molar-refractivity contribution in [1.82, 2.24) is 5.32 Å². The molecule has 3 N–H and O–H groups in total. The fourth-order valence-electron chi connectivity index (χ4n) is 3.09. The molecule has 0 aliphatic carbocycles. The van der Waals surface area contributed by atoms with Gasteiger partial charge in [0, 0.05) is 17.8 Å². The summed E-state index contributed by atoms with van der Waals surface area (Å²) in [6, 6.07) is 5.68. The van der Waals surface area contributed by atoms with Gasteiger partial charge in [-0.1, -0.05) is 17.7 Å². The highest BCUT2D eigenvalue weighted by Crippen LogP contribution is 2.24. The molecule has 2 rings (SSSR count). The third kappa shape index (κ3) is 4.73. The van der Waals surface area contributed by atoms with E-state index in [2.05, 4.69) is 10.6 Å². The van der Waals surface area contributed by atoms with Crippen LogP contribution in [0, 0.1) is 34.6 Å². The number of carbonyl (C=O) groups is 2. The molecule has 0 spiro atoms. The molecule has 1 aromatic heterocycles. The van der Waals surface area contributed by atoms with Gasteiger partial charge < -0.3 is 20.2 Å². The quantitative estimate of drug-likeness (QED) is 0.717. The summed E-state index contributed by atoms with van der Waals surface area (Å²) in [6.07, 6.45) is -0.459.